The van der Waals surface area contributed by atoms with Crippen molar-refractivity contribution >= 4 is 39.9 Å². The molecule has 21 heavy (non-hydrogen) atoms. The molecule has 0 aliphatic rings. The number of alkyl halides is 1. The van der Waals surface area contributed by atoms with Crippen LogP contribution < -0.4 is 5.43 Å². The third kappa shape index (κ3) is 2.38. The van der Waals surface area contributed by atoms with Crippen LogP contribution in [0.15, 0.2) is 47.3 Å². The number of carbonyl (C=O) groups excluding carboxylic acids is 1. The summed E-state index contributed by atoms with van der Waals surface area (Å²) in [5.74, 6) is 0. The number of halogens is 1. The second-order valence-electron chi connectivity index (χ2n) is 4.67. The van der Waals surface area contributed by atoms with Crippen LogP contribution in [0.1, 0.15) is 10.9 Å². The van der Waals surface area contributed by atoms with E-state index in [1.54, 1.807) is 12.1 Å². The minimum atomic E-state index is -0.568. The Morgan fingerprint density at radius 3 is 2.71 bits per heavy atom. The lowest BCUT2D eigenvalue weighted by molar-refractivity contribution is -0.128. The number of H-pyrrole nitrogens is 1. The van der Waals surface area contributed by atoms with Crippen molar-refractivity contribution in [2.24, 2.45) is 0 Å². The summed E-state index contributed by atoms with van der Waals surface area (Å²) in [4.78, 5) is 26.2. The Labute approximate surface area is 125 Å². The van der Waals surface area contributed by atoms with Crippen LogP contribution in [0, 0.1) is 0 Å². The topological polar surface area (TPSA) is 59.2 Å². The minimum absolute atomic E-state index is 0.0242. The summed E-state index contributed by atoms with van der Waals surface area (Å²) in [6, 6.07) is 12.7. The van der Waals surface area contributed by atoms with E-state index in [1.807, 2.05) is 30.3 Å². The van der Waals surface area contributed by atoms with Crippen molar-refractivity contribution < 1.29 is 9.53 Å². The van der Waals surface area contributed by atoms with Gasteiger partial charge in [0.1, 0.15) is 6.61 Å². The lowest BCUT2D eigenvalue weighted by atomic mass is 10.0. The van der Waals surface area contributed by atoms with Crippen LogP contribution in [-0.4, -0.2) is 18.1 Å². The van der Waals surface area contributed by atoms with Crippen molar-refractivity contribution in [2.45, 2.75) is 5.38 Å². The number of nitrogens with one attached hydrogen (secondary N) is 1. The number of fused-ring (bicyclic) bond motifs is 2. The summed E-state index contributed by atoms with van der Waals surface area (Å²) in [6.45, 7) is 0.372. The Hall–Kier alpha value is -2.33. The molecule has 5 heteroatoms. The van der Waals surface area contributed by atoms with Crippen LogP contribution in [0.5, 0.6) is 0 Å². The first-order chi connectivity index (χ1) is 10.2. The van der Waals surface area contributed by atoms with E-state index in [0.717, 1.165) is 5.52 Å². The maximum atomic E-state index is 12.7. The smallest absolute Gasteiger partial charge is 0.293 e. The number of benzene rings is 2. The molecule has 1 aromatic heterocycles. The number of rotatable bonds is 4. The largest absolute Gasteiger partial charge is 0.466 e. The van der Waals surface area contributed by atoms with E-state index < -0.39 is 5.38 Å². The number of pyridine rings is 1. The predicted molar refractivity (Wildman–Crippen MR) is 82.7 cm³/mol. The molecule has 1 atom stereocenters. The van der Waals surface area contributed by atoms with Crippen molar-refractivity contribution in [3.63, 3.8) is 0 Å². The first-order valence-corrected chi connectivity index (χ1v) is 6.89. The minimum Gasteiger partial charge on any atom is -0.466 e. The quantitative estimate of drug-likeness (QED) is 0.457. The van der Waals surface area contributed by atoms with Crippen LogP contribution in [0.2, 0.25) is 0 Å². The molecule has 3 aromatic rings. The van der Waals surface area contributed by atoms with Crippen LogP contribution in [-0.2, 0) is 9.53 Å². The van der Waals surface area contributed by atoms with Crippen molar-refractivity contribution in [3.8, 4) is 0 Å². The molecular weight excluding hydrogens is 290 g/mol. The Morgan fingerprint density at radius 2 is 1.90 bits per heavy atom. The Balaban J connectivity index is 2.29. The molecule has 106 valence electrons. The van der Waals surface area contributed by atoms with Crippen molar-refractivity contribution in [1.29, 1.82) is 0 Å². The summed E-state index contributed by atoms with van der Waals surface area (Å²) in [5.41, 5.74) is 2.07. The van der Waals surface area contributed by atoms with Gasteiger partial charge >= 0.3 is 0 Å². The number of aromatic amines is 1. The van der Waals surface area contributed by atoms with Crippen LogP contribution in [0.25, 0.3) is 21.8 Å². The third-order valence-corrected chi connectivity index (χ3v) is 3.77. The fraction of sp³-hybridized carbons (Fsp3) is 0.125. The summed E-state index contributed by atoms with van der Waals surface area (Å²) in [6.07, 6.45) is 0. The maximum absolute atomic E-state index is 12.7. The fourth-order valence-electron chi connectivity index (χ4n) is 2.47. The number of aromatic nitrogens is 1. The second-order valence-corrected chi connectivity index (χ2v) is 5.19. The highest BCUT2D eigenvalue weighted by Gasteiger charge is 2.16. The molecule has 0 aliphatic carbocycles. The standard InChI is InChI=1S/C16H12ClNO3/c17-12(8-21-9-19)10-5-3-7-14-15(10)16(20)11-4-1-2-6-13(11)18-14/h1-7,9,12H,8H2,(H,18,20). The number of hydrogen-bond donors (Lipinski definition) is 1. The predicted octanol–water partition coefficient (Wildman–Crippen LogP) is 3.13. The molecule has 0 fully saturated rings. The van der Waals surface area contributed by atoms with E-state index in [1.165, 1.54) is 0 Å². The van der Waals surface area contributed by atoms with Crippen LogP contribution >= 0.6 is 11.6 Å². The molecule has 2 aromatic carbocycles. The van der Waals surface area contributed by atoms with E-state index in [9.17, 15) is 9.59 Å². The molecule has 1 unspecified atom stereocenters. The van der Waals surface area contributed by atoms with Gasteiger partial charge in [-0.2, -0.15) is 0 Å². The highest BCUT2D eigenvalue weighted by Crippen LogP contribution is 2.27. The molecule has 0 spiro atoms. The summed E-state index contributed by atoms with van der Waals surface area (Å²) >= 11 is 6.25. The average Bonchev–Trinajstić information content (AvgIpc) is 2.52. The van der Waals surface area contributed by atoms with E-state index >= 15 is 0 Å². The van der Waals surface area contributed by atoms with Crippen LogP contribution in [0.3, 0.4) is 0 Å². The molecule has 0 saturated carbocycles. The van der Waals surface area contributed by atoms with Gasteiger partial charge in [-0.1, -0.05) is 24.3 Å². The lowest BCUT2D eigenvalue weighted by Crippen LogP contribution is -2.10. The van der Waals surface area contributed by atoms with E-state index in [2.05, 4.69) is 4.98 Å². The molecule has 0 bridgehead atoms. The van der Waals surface area contributed by atoms with E-state index in [-0.39, 0.29) is 12.0 Å². The lowest BCUT2D eigenvalue weighted by Gasteiger charge is -2.12. The normalized spacial score (nSPS) is 12.4. The highest BCUT2D eigenvalue weighted by atomic mass is 35.5. The SMILES string of the molecule is O=COCC(Cl)c1cccc2[nH]c3ccccc3c(=O)c12. The number of para-hydroxylation sites is 1. The number of carbonyl (C=O) groups is 1. The van der Waals surface area contributed by atoms with Crippen molar-refractivity contribution in [3.05, 3.63) is 58.3 Å². The summed E-state index contributed by atoms with van der Waals surface area (Å²) in [7, 11) is 0. The Kier molecular flexibility index (Phi) is 3.62. The maximum Gasteiger partial charge on any atom is 0.293 e. The molecule has 4 nitrogen and oxygen atoms in total. The molecule has 3 rings (SSSR count). The summed E-state index contributed by atoms with van der Waals surface area (Å²) in [5, 5.41) is 0.574. The Morgan fingerprint density at radius 1 is 1.14 bits per heavy atom. The van der Waals surface area contributed by atoms with Gasteiger partial charge < -0.3 is 9.72 Å². The van der Waals surface area contributed by atoms with Gasteiger partial charge in [-0.15, -0.1) is 11.6 Å². The van der Waals surface area contributed by atoms with Gasteiger partial charge in [0, 0.05) is 10.9 Å². The van der Waals surface area contributed by atoms with Gasteiger partial charge in [-0.25, -0.2) is 0 Å². The Bertz CT molecular complexity index is 872. The third-order valence-electron chi connectivity index (χ3n) is 3.41. The molecule has 1 N–H and O–H groups in total. The van der Waals surface area contributed by atoms with E-state index in [0.29, 0.717) is 28.3 Å². The zero-order valence-electron chi connectivity index (χ0n) is 11.0. The molecule has 0 radical (unpaired) electrons. The van der Waals surface area contributed by atoms with Gasteiger partial charge in [0.15, 0.2) is 5.43 Å². The van der Waals surface area contributed by atoms with Crippen LogP contribution in [0.4, 0.5) is 0 Å². The highest BCUT2D eigenvalue weighted by molar-refractivity contribution is 6.22. The average molecular weight is 302 g/mol. The monoisotopic (exact) mass is 301 g/mol. The molecule has 0 saturated heterocycles. The zero-order valence-corrected chi connectivity index (χ0v) is 11.8. The second kappa shape index (κ2) is 5.58. The van der Waals surface area contributed by atoms with Gasteiger partial charge in [0.25, 0.3) is 6.47 Å². The molecular formula is C16H12ClNO3. The number of ether oxygens (including phenoxy) is 1. The molecule has 0 amide bonds. The fourth-order valence-corrected chi connectivity index (χ4v) is 2.73. The molecule has 1 heterocycles. The zero-order chi connectivity index (χ0) is 14.8. The van der Waals surface area contributed by atoms with E-state index in [4.69, 9.17) is 16.3 Å². The van der Waals surface area contributed by atoms with Crippen molar-refractivity contribution in [1.82, 2.24) is 4.98 Å². The molecule has 0 aliphatic heterocycles. The first-order valence-electron chi connectivity index (χ1n) is 6.45. The van der Waals surface area contributed by atoms with Gasteiger partial charge in [-0.05, 0) is 23.8 Å². The first kappa shape index (κ1) is 13.6. The summed E-state index contributed by atoms with van der Waals surface area (Å²) < 4.78 is 4.70. The van der Waals surface area contributed by atoms with Gasteiger partial charge in [0.2, 0.25) is 0 Å². The van der Waals surface area contributed by atoms with Gasteiger partial charge in [0.05, 0.1) is 16.3 Å². The number of hydrogen-bond acceptors (Lipinski definition) is 3. The van der Waals surface area contributed by atoms with Crippen molar-refractivity contribution in [2.75, 3.05) is 6.61 Å². The van der Waals surface area contributed by atoms with Gasteiger partial charge in [-0.3, -0.25) is 9.59 Å².